The number of thioether (sulfide) groups is 1. The first kappa shape index (κ1) is 21.3. The van der Waals surface area contributed by atoms with E-state index in [9.17, 15) is 19.7 Å². The quantitative estimate of drug-likeness (QED) is 0.434. The van der Waals surface area contributed by atoms with Gasteiger partial charge in [-0.05, 0) is 36.4 Å². The van der Waals surface area contributed by atoms with Gasteiger partial charge in [0.05, 0.1) is 16.3 Å². The average Bonchev–Trinajstić information content (AvgIpc) is 3.09. The number of amides is 2. The third kappa shape index (κ3) is 4.84. The molecule has 160 valence electrons. The molecule has 4 rings (SSSR count). The second-order valence-corrected chi connectivity index (χ2v) is 8.07. The number of hydrogen-bond donors (Lipinski definition) is 1. The Morgan fingerprint density at radius 1 is 1.00 bits per heavy atom. The van der Waals surface area contributed by atoms with Crippen molar-refractivity contribution < 1.29 is 14.5 Å². The number of nitro groups is 1. The number of hydrogen-bond acceptors (Lipinski definition) is 6. The second kappa shape index (κ2) is 9.44. The molecule has 1 aliphatic heterocycles. The average molecular weight is 446 g/mol. The summed E-state index contributed by atoms with van der Waals surface area (Å²) in [5, 5.41) is 13.3. The smallest absolute Gasteiger partial charge is 0.269 e. The fourth-order valence-electron chi connectivity index (χ4n) is 3.15. The van der Waals surface area contributed by atoms with E-state index in [0.29, 0.717) is 22.2 Å². The van der Waals surface area contributed by atoms with Crippen LogP contribution < -0.4 is 10.2 Å². The van der Waals surface area contributed by atoms with Gasteiger partial charge in [-0.15, -0.1) is 0 Å². The predicted molar refractivity (Wildman–Crippen MR) is 125 cm³/mol. The van der Waals surface area contributed by atoms with Crippen molar-refractivity contribution in [1.29, 1.82) is 0 Å². The van der Waals surface area contributed by atoms with Crippen LogP contribution in [0.25, 0.3) is 0 Å². The highest BCUT2D eigenvalue weighted by molar-refractivity contribution is 8.16. The molecule has 3 aromatic rings. The summed E-state index contributed by atoms with van der Waals surface area (Å²) in [5.74, 6) is -0.589. The van der Waals surface area contributed by atoms with E-state index in [-0.39, 0.29) is 23.9 Å². The Labute approximate surface area is 188 Å². The largest absolute Gasteiger partial charge is 0.326 e. The number of amidine groups is 1. The van der Waals surface area contributed by atoms with Gasteiger partial charge in [-0.3, -0.25) is 24.6 Å². The molecule has 32 heavy (non-hydrogen) atoms. The van der Waals surface area contributed by atoms with Gasteiger partial charge in [0.2, 0.25) is 11.8 Å². The minimum absolute atomic E-state index is 0.0579. The summed E-state index contributed by atoms with van der Waals surface area (Å²) in [6.07, 6.45) is -0.0579. The van der Waals surface area contributed by atoms with E-state index in [0.717, 1.165) is 0 Å². The molecule has 0 aliphatic carbocycles. The lowest BCUT2D eigenvalue weighted by atomic mass is 10.2. The number of nitro benzene ring substituents is 1. The molecule has 1 saturated heterocycles. The highest BCUT2D eigenvalue weighted by Gasteiger charge is 2.40. The van der Waals surface area contributed by atoms with E-state index in [4.69, 9.17) is 0 Å². The Balaban J connectivity index is 1.52. The van der Waals surface area contributed by atoms with Crippen LogP contribution in [0.2, 0.25) is 0 Å². The van der Waals surface area contributed by atoms with Gasteiger partial charge in [0.15, 0.2) is 5.17 Å². The van der Waals surface area contributed by atoms with Crippen LogP contribution in [0.15, 0.2) is 89.9 Å². The Hall–Kier alpha value is -3.98. The lowest BCUT2D eigenvalue weighted by Crippen LogP contribution is -2.33. The zero-order valence-corrected chi connectivity index (χ0v) is 17.6. The van der Waals surface area contributed by atoms with E-state index >= 15 is 0 Å². The number of rotatable bonds is 6. The summed E-state index contributed by atoms with van der Waals surface area (Å²) in [4.78, 5) is 42.2. The summed E-state index contributed by atoms with van der Waals surface area (Å²) in [5.41, 5.74) is 1.75. The number of para-hydroxylation sites is 2. The van der Waals surface area contributed by atoms with Crippen LogP contribution in [0.3, 0.4) is 0 Å². The summed E-state index contributed by atoms with van der Waals surface area (Å²) >= 11 is 1.24. The highest BCUT2D eigenvalue weighted by atomic mass is 32.2. The summed E-state index contributed by atoms with van der Waals surface area (Å²) in [6, 6.07) is 24.0. The van der Waals surface area contributed by atoms with Gasteiger partial charge in [-0.1, -0.05) is 48.2 Å². The number of carbonyl (C=O) groups is 2. The van der Waals surface area contributed by atoms with E-state index in [2.05, 4.69) is 10.3 Å². The summed E-state index contributed by atoms with van der Waals surface area (Å²) in [6.45, 7) is 0. The van der Waals surface area contributed by atoms with E-state index in [1.54, 1.807) is 0 Å². The lowest BCUT2D eigenvalue weighted by Gasteiger charge is -2.16. The second-order valence-electron chi connectivity index (χ2n) is 6.90. The molecular formula is C23H18N4O4S. The van der Waals surface area contributed by atoms with Crippen molar-refractivity contribution in [2.75, 3.05) is 10.2 Å². The molecule has 2 amide bonds. The van der Waals surface area contributed by atoms with Crippen molar-refractivity contribution in [2.45, 2.75) is 11.7 Å². The van der Waals surface area contributed by atoms with Crippen LogP contribution in [0, 0.1) is 10.1 Å². The number of non-ortho nitro benzene ring substituents is 1. The Kier molecular flexibility index (Phi) is 6.27. The monoisotopic (exact) mass is 446 g/mol. The molecule has 1 fully saturated rings. The molecule has 0 aromatic heterocycles. The van der Waals surface area contributed by atoms with Gasteiger partial charge in [0, 0.05) is 24.2 Å². The van der Waals surface area contributed by atoms with E-state index in [1.165, 1.54) is 40.9 Å². The van der Waals surface area contributed by atoms with Crippen molar-refractivity contribution in [3.63, 3.8) is 0 Å². The van der Waals surface area contributed by atoms with Gasteiger partial charge in [0.25, 0.3) is 5.69 Å². The van der Waals surface area contributed by atoms with Crippen LogP contribution in [0.4, 0.5) is 22.7 Å². The first-order valence-electron chi connectivity index (χ1n) is 9.75. The third-order valence-corrected chi connectivity index (χ3v) is 5.80. The predicted octanol–water partition coefficient (Wildman–Crippen LogP) is 4.76. The minimum atomic E-state index is -0.643. The Bertz CT molecular complexity index is 1170. The Morgan fingerprint density at radius 2 is 1.62 bits per heavy atom. The van der Waals surface area contributed by atoms with Crippen LogP contribution in [-0.4, -0.2) is 27.2 Å². The molecule has 1 unspecified atom stereocenters. The SMILES string of the molecule is O=C(CC1SC(=Nc2ccccc2)N(c2ccccc2)C1=O)Nc1ccc([N+](=O)[O-])cc1. The molecule has 9 heteroatoms. The fourth-order valence-corrected chi connectivity index (χ4v) is 4.30. The lowest BCUT2D eigenvalue weighted by molar-refractivity contribution is -0.384. The van der Waals surface area contributed by atoms with Gasteiger partial charge < -0.3 is 5.32 Å². The highest BCUT2D eigenvalue weighted by Crippen LogP contribution is 2.35. The van der Waals surface area contributed by atoms with E-state index in [1.807, 2.05) is 60.7 Å². The standard InChI is InChI=1S/C23H18N4O4S/c28-21(24-17-11-13-19(14-12-17)27(30)31)15-20-22(29)26(18-9-5-2-6-10-18)23(32-20)25-16-7-3-1-4-8-16/h1-14,20H,15H2,(H,24,28). The maximum atomic E-state index is 13.2. The number of nitrogens with zero attached hydrogens (tertiary/aromatic N) is 3. The molecule has 0 spiro atoms. The first-order valence-corrected chi connectivity index (χ1v) is 10.6. The zero-order chi connectivity index (χ0) is 22.5. The molecule has 1 N–H and O–H groups in total. The van der Waals surface area contributed by atoms with Gasteiger partial charge >= 0.3 is 0 Å². The number of nitrogens with one attached hydrogen (secondary N) is 1. The van der Waals surface area contributed by atoms with Crippen molar-refractivity contribution in [1.82, 2.24) is 0 Å². The molecule has 1 atom stereocenters. The fraction of sp³-hybridized carbons (Fsp3) is 0.0870. The van der Waals surface area contributed by atoms with Crippen LogP contribution >= 0.6 is 11.8 Å². The molecule has 3 aromatic carbocycles. The number of anilines is 2. The van der Waals surface area contributed by atoms with Crippen molar-refractivity contribution in [3.05, 3.63) is 95.0 Å². The maximum absolute atomic E-state index is 13.2. The molecule has 0 saturated carbocycles. The van der Waals surface area contributed by atoms with Crippen LogP contribution in [-0.2, 0) is 9.59 Å². The van der Waals surface area contributed by atoms with Crippen molar-refractivity contribution in [3.8, 4) is 0 Å². The Morgan fingerprint density at radius 3 is 2.25 bits per heavy atom. The third-order valence-electron chi connectivity index (χ3n) is 4.66. The van der Waals surface area contributed by atoms with Crippen LogP contribution in [0.5, 0.6) is 0 Å². The summed E-state index contributed by atoms with van der Waals surface area (Å²) in [7, 11) is 0. The van der Waals surface area contributed by atoms with Crippen LogP contribution in [0.1, 0.15) is 6.42 Å². The number of aliphatic imine (C=N–C) groups is 1. The molecule has 1 aliphatic rings. The number of benzene rings is 3. The van der Waals surface area contributed by atoms with Gasteiger partial charge in [0.1, 0.15) is 5.25 Å². The first-order chi connectivity index (χ1) is 15.5. The van der Waals surface area contributed by atoms with Gasteiger partial charge in [-0.25, -0.2) is 4.99 Å². The molecule has 1 heterocycles. The zero-order valence-electron chi connectivity index (χ0n) is 16.8. The minimum Gasteiger partial charge on any atom is -0.326 e. The van der Waals surface area contributed by atoms with Crippen molar-refractivity contribution in [2.24, 2.45) is 4.99 Å². The van der Waals surface area contributed by atoms with E-state index < -0.39 is 10.2 Å². The normalized spacial score (nSPS) is 16.9. The summed E-state index contributed by atoms with van der Waals surface area (Å²) < 4.78 is 0. The van der Waals surface area contributed by atoms with Gasteiger partial charge in [-0.2, -0.15) is 0 Å². The molecule has 0 bridgehead atoms. The maximum Gasteiger partial charge on any atom is 0.269 e. The molecular weight excluding hydrogens is 428 g/mol. The molecule has 8 nitrogen and oxygen atoms in total. The number of carbonyl (C=O) groups excluding carboxylic acids is 2. The molecule has 0 radical (unpaired) electrons. The van der Waals surface area contributed by atoms with Crippen molar-refractivity contribution >= 4 is 51.5 Å². The topological polar surface area (TPSA) is 105 Å².